The minimum Gasteiger partial charge on any atom is -0.495 e. The molecule has 0 bridgehead atoms. The van der Waals surface area contributed by atoms with Crippen LogP contribution in [0.25, 0.3) is 0 Å². The number of benzene rings is 1. The van der Waals surface area contributed by atoms with Crippen molar-refractivity contribution in [3.05, 3.63) is 23.3 Å². The number of methoxy groups -OCH3 is 1. The number of hydrogen-bond acceptors (Lipinski definition) is 4. The van der Waals surface area contributed by atoms with Crippen LogP contribution in [0.1, 0.15) is 30.4 Å². The van der Waals surface area contributed by atoms with E-state index in [1.807, 2.05) is 19.9 Å². The van der Waals surface area contributed by atoms with Crippen LogP contribution in [0.4, 0.5) is 0 Å². The average Bonchev–Trinajstić information content (AvgIpc) is 2.47. The van der Waals surface area contributed by atoms with Gasteiger partial charge in [-0.3, -0.25) is 0 Å². The standard InChI is InChI=1S/C16H26N2O3S.ClH/c1-12-9-13(2)16(21-3)15(10-12)22(19,20)18-8-6-14-5-4-7-17-11-14;/h9-10,14,17-18H,4-8,11H2,1-3H3;1H. The first kappa shape index (κ1) is 20.2. The first-order valence-corrected chi connectivity index (χ1v) is 9.28. The number of hydrogen-bond donors (Lipinski definition) is 2. The van der Waals surface area contributed by atoms with Gasteiger partial charge in [-0.1, -0.05) is 6.07 Å². The van der Waals surface area contributed by atoms with E-state index in [-0.39, 0.29) is 17.3 Å². The summed E-state index contributed by atoms with van der Waals surface area (Å²) in [6.07, 6.45) is 3.20. The lowest BCUT2D eigenvalue weighted by Gasteiger charge is -2.22. The number of sulfonamides is 1. The van der Waals surface area contributed by atoms with Gasteiger partial charge < -0.3 is 10.1 Å². The molecule has 0 radical (unpaired) electrons. The molecule has 0 amide bonds. The highest BCUT2D eigenvalue weighted by atomic mass is 35.5. The summed E-state index contributed by atoms with van der Waals surface area (Å²) in [4.78, 5) is 0.231. The Morgan fingerprint density at radius 2 is 2.09 bits per heavy atom. The largest absolute Gasteiger partial charge is 0.495 e. The molecule has 0 spiro atoms. The molecular weight excluding hydrogens is 336 g/mol. The number of rotatable bonds is 6. The van der Waals surface area contributed by atoms with Crippen molar-refractivity contribution in [2.75, 3.05) is 26.7 Å². The summed E-state index contributed by atoms with van der Waals surface area (Å²) >= 11 is 0. The third-order valence-corrected chi connectivity index (χ3v) is 5.59. The van der Waals surface area contributed by atoms with Gasteiger partial charge in [-0.25, -0.2) is 13.1 Å². The molecule has 1 aromatic rings. The van der Waals surface area contributed by atoms with Gasteiger partial charge in [0.1, 0.15) is 10.6 Å². The molecule has 2 N–H and O–H groups in total. The van der Waals surface area contributed by atoms with E-state index in [0.717, 1.165) is 30.6 Å². The van der Waals surface area contributed by atoms with Gasteiger partial charge in [0.15, 0.2) is 0 Å². The third-order valence-electron chi connectivity index (χ3n) is 4.12. The molecule has 1 aromatic carbocycles. The minimum absolute atomic E-state index is 0. The van der Waals surface area contributed by atoms with E-state index in [0.29, 0.717) is 18.2 Å². The molecule has 1 aliphatic heterocycles. The molecular formula is C16H27ClN2O3S. The second kappa shape index (κ2) is 8.87. The van der Waals surface area contributed by atoms with Gasteiger partial charge in [-0.05, 0) is 69.3 Å². The summed E-state index contributed by atoms with van der Waals surface area (Å²) < 4.78 is 33.1. The zero-order valence-electron chi connectivity index (χ0n) is 14.0. The molecule has 5 nitrogen and oxygen atoms in total. The summed E-state index contributed by atoms with van der Waals surface area (Å²) in [5, 5.41) is 3.35. The maximum Gasteiger partial charge on any atom is 0.244 e. The molecule has 2 rings (SSSR count). The number of nitrogens with one attached hydrogen (secondary N) is 2. The molecule has 1 saturated heterocycles. The van der Waals surface area contributed by atoms with Gasteiger partial charge in [0, 0.05) is 6.54 Å². The Labute approximate surface area is 145 Å². The lowest BCUT2D eigenvalue weighted by Crippen LogP contribution is -2.33. The number of aryl methyl sites for hydroxylation is 2. The Bertz CT molecular complexity index is 614. The molecule has 1 fully saturated rings. The Kier molecular flexibility index (Phi) is 7.80. The van der Waals surface area contributed by atoms with Crippen molar-refractivity contribution in [1.82, 2.24) is 10.0 Å². The first-order chi connectivity index (χ1) is 10.4. The van der Waals surface area contributed by atoms with Gasteiger partial charge in [0.2, 0.25) is 10.0 Å². The van der Waals surface area contributed by atoms with E-state index in [1.165, 1.54) is 20.0 Å². The summed E-state index contributed by atoms with van der Waals surface area (Å²) in [6.45, 7) is 6.26. The van der Waals surface area contributed by atoms with Gasteiger partial charge in [0.05, 0.1) is 7.11 Å². The maximum atomic E-state index is 12.6. The van der Waals surface area contributed by atoms with Crippen molar-refractivity contribution < 1.29 is 13.2 Å². The van der Waals surface area contributed by atoms with Crippen molar-refractivity contribution in [3.8, 4) is 5.75 Å². The SMILES string of the molecule is COc1c(C)cc(C)cc1S(=O)(=O)NCCC1CCCNC1.Cl. The van der Waals surface area contributed by atoms with E-state index in [1.54, 1.807) is 6.07 Å². The zero-order valence-corrected chi connectivity index (χ0v) is 15.6. The lowest BCUT2D eigenvalue weighted by atomic mass is 9.96. The zero-order chi connectivity index (χ0) is 16.2. The fourth-order valence-electron chi connectivity index (χ4n) is 3.02. The molecule has 23 heavy (non-hydrogen) atoms. The Morgan fingerprint density at radius 3 is 2.70 bits per heavy atom. The second-order valence-corrected chi connectivity index (χ2v) is 7.75. The highest BCUT2D eigenvalue weighted by Crippen LogP contribution is 2.29. The Morgan fingerprint density at radius 1 is 1.35 bits per heavy atom. The van der Waals surface area contributed by atoms with Crippen LogP contribution in [-0.2, 0) is 10.0 Å². The molecule has 1 heterocycles. The van der Waals surface area contributed by atoms with E-state index < -0.39 is 10.0 Å². The van der Waals surface area contributed by atoms with Crippen molar-refractivity contribution in [1.29, 1.82) is 0 Å². The summed E-state index contributed by atoms with van der Waals surface area (Å²) in [5.41, 5.74) is 1.74. The molecule has 1 unspecified atom stereocenters. The van der Waals surface area contributed by atoms with Crippen molar-refractivity contribution >= 4 is 22.4 Å². The topological polar surface area (TPSA) is 67.4 Å². The predicted molar refractivity (Wildman–Crippen MR) is 95.1 cm³/mol. The minimum atomic E-state index is -3.54. The fraction of sp³-hybridized carbons (Fsp3) is 0.625. The van der Waals surface area contributed by atoms with Crippen LogP contribution >= 0.6 is 12.4 Å². The van der Waals surface area contributed by atoms with Gasteiger partial charge in [0.25, 0.3) is 0 Å². The molecule has 0 aromatic heterocycles. The average molecular weight is 363 g/mol. The Balaban J connectivity index is 0.00000264. The van der Waals surface area contributed by atoms with Crippen molar-refractivity contribution in [2.45, 2.75) is 38.0 Å². The second-order valence-electron chi connectivity index (χ2n) is 6.01. The van der Waals surface area contributed by atoms with Crippen LogP contribution in [0.15, 0.2) is 17.0 Å². The fourth-order valence-corrected chi connectivity index (χ4v) is 4.39. The van der Waals surface area contributed by atoms with Crippen LogP contribution in [0.5, 0.6) is 5.75 Å². The van der Waals surface area contributed by atoms with Crippen LogP contribution < -0.4 is 14.8 Å². The molecule has 1 atom stereocenters. The summed E-state index contributed by atoms with van der Waals surface area (Å²) in [6, 6.07) is 3.59. The number of halogens is 1. The Hall–Kier alpha value is -0.820. The molecule has 0 aliphatic carbocycles. The normalized spacial score (nSPS) is 18.3. The summed E-state index contributed by atoms with van der Waals surface area (Å²) in [5.74, 6) is 0.982. The summed E-state index contributed by atoms with van der Waals surface area (Å²) in [7, 11) is -2.04. The third kappa shape index (κ3) is 5.35. The molecule has 1 aliphatic rings. The van der Waals surface area contributed by atoms with Crippen LogP contribution in [0.2, 0.25) is 0 Å². The number of ether oxygens (including phenoxy) is 1. The maximum absolute atomic E-state index is 12.6. The smallest absolute Gasteiger partial charge is 0.244 e. The van der Waals surface area contributed by atoms with Gasteiger partial charge in [-0.15, -0.1) is 12.4 Å². The predicted octanol–water partition coefficient (Wildman–Crippen LogP) is 2.40. The monoisotopic (exact) mass is 362 g/mol. The van der Waals surface area contributed by atoms with E-state index >= 15 is 0 Å². The van der Waals surface area contributed by atoms with E-state index in [2.05, 4.69) is 10.0 Å². The van der Waals surface area contributed by atoms with Crippen LogP contribution in [0.3, 0.4) is 0 Å². The van der Waals surface area contributed by atoms with Crippen LogP contribution in [-0.4, -0.2) is 35.2 Å². The van der Waals surface area contributed by atoms with E-state index in [4.69, 9.17) is 4.74 Å². The highest BCUT2D eigenvalue weighted by molar-refractivity contribution is 7.89. The van der Waals surface area contributed by atoms with Gasteiger partial charge in [-0.2, -0.15) is 0 Å². The molecule has 132 valence electrons. The van der Waals surface area contributed by atoms with Crippen LogP contribution in [0, 0.1) is 19.8 Å². The first-order valence-electron chi connectivity index (χ1n) is 7.79. The van der Waals surface area contributed by atoms with Crippen molar-refractivity contribution in [2.24, 2.45) is 5.92 Å². The lowest BCUT2D eigenvalue weighted by molar-refractivity contribution is 0.358. The highest BCUT2D eigenvalue weighted by Gasteiger charge is 2.22. The van der Waals surface area contributed by atoms with Gasteiger partial charge >= 0.3 is 0 Å². The number of piperidine rings is 1. The quantitative estimate of drug-likeness (QED) is 0.815. The van der Waals surface area contributed by atoms with E-state index in [9.17, 15) is 8.42 Å². The molecule has 7 heteroatoms. The van der Waals surface area contributed by atoms with Crippen molar-refractivity contribution in [3.63, 3.8) is 0 Å². The molecule has 0 saturated carbocycles.